The molecule has 7 heteroatoms. The second kappa shape index (κ2) is 8.07. The van der Waals surface area contributed by atoms with Gasteiger partial charge in [0.2, 0.25) is 0 Å². The van der Waals surface area contributed by atoms with E-state index in [4.69, 9.17) is 32.8 Å². The first-order chi connectivity index (χ1) is 9.43. The molecule has 1 rings (SSSR count). The Kier molecular flexibility index (Phi) is 6.75. The maximum absolute atomic E-state index is 11.6. The molecule has 0 unspecified atom stereocenters. The molecule has 5 nitrogen and oxygen atoms in total. The van der Waals surface area contributed by atoms with Crippen LogP contribution in [0.25, 0.3) is 0 Å². The Labute approximate surface area is 127 Å². The van der Waals surface area contributed by atoms with E-state index in [-0.39, 0.29) is 12.5 Å². The van der Waals surface area contributed by atoms with Crippen LogP contribution in [-0.2, 0) is 14.4 Å². The normalized spacial score (nSPS) is 11.6. The Morgan fingerprint density at radius 2 is 2.15 bits per heavy atom. The first kappa shape index (κ1) is 16.7. The van der Waals surface area contributed by atoms with Crippen molar-refractivity contribution in [3.05, 3.63) is 28.0 Å². The molecule has 0 atom stereocenters. The highest BCUT2D eigenvalue weighted by Gasteiger charge is 2.17. The highest BCUT2D eigenvalue weighted by atomic mass is 35.5. The zero-order valence-electron chi connectivity index (χ0n) is 11.5. The molecule has 110 valence electrons. The number of halogens is 2. The molecule has 0 aliphatic heterocycles. The molecular formula is C13H16Cl2N2O3. The highest BCUT2D eigenvalue weighted by Crippen LogP contribution is 2.20. The lowest BCUT2D eigenvalue weighted by Gasteiger charge is -2.09. The zero-order valence-corrected chi connectivity index (χ0v) is 13.0. The summed E-state index contributed by atoms with van der Waals surface area (Å²) in [7, 11) is 0. The van der Waals surface area contributed by atoms with Gasteiger partial charge in [0.25, 0.3) is 0 Å². The number of hydrogen-bond donors (Lipinski definition) is 0. The van der Waals surface area contributed by atoms with Crippen molar-refractivity contribution in [3.8, 4) is 0 Å². The fourth-order valence-electron chi connectivity index (χ4n) is 1.30. The molecule has 0 aliphatic carbocycles. The van der Waals surface area contributed by atoms with Gasteiger partial charge in [-0.25, -0.2) is 0 Å². The van der Waals surface area contributed by atoms with Crippen LogP contribution >= 0.6 is 23.2 Å². The molecule has 0 amide bonds. The third-order valence-corrected chi connectivity index (χ3v) is 2.57. The van der Waals surface area contributed by atoms with Gasteiger partial charge in [-0.05, 0) is 26.8 Å². The van der Waals surface area contributed by atoms with E-state index in [1.54, 1.807) is 6.92 Å². The molecule has 0 saturated heterocycles. The summed E-state index contributed by atoms with van der Waals surface area (Å²) < 4.78 is 4.89. The fraction of sp³-hybridized carbons (Fsp3) is 0.462. The van der Waals surface area contributed by atoms with Gasteiger partial charge in [-0.3, -0.25) is 9.78 Å². The predicted octanol–water partition coefficient (Wildman–Crippen LogP) is 3.47. The highest BCUT2D eigenvalue weighted by molar-refractivity contribution is 6.36. The van der Waals surface area contributed by atoms with E-state index in [0.717, 1.165) is 0 Å². The number of hydrogen-bond acceptors (Lipinski definition) is 5. The van der Waals surface area contributed by atoms with Gasteiger partial charge in [0.05, 0.1) is 23.1 Å². The topological polar surface area (TPSA) is 60.8 Å². The SMILES string of the molecule is CCOC(=O)CC(=NOC(C)C)c1ncc(Cl)cc1Cl. The van der Waals surface area contributed by atoms with Crippen LogP contribution in [0, 0.1) is 0 Å². The van der Waals surface area contributed by atoms with Crippen LogP contribution in [0.4, 0.5) is 0 Å². The number of ether oxygens (including phenoxy) is 1. The summed E-state index contributed by atoms with van der Waals surface area (Å²) in [6.45, 7) is 5.66. The predicted molar refractivity (Wildman–Crippen MR) is 78.3 cm³/mol. The van der Waals surface area contributed by atoms with Crippen molar-refractivity contribution < 1.29 is 14.4 Å². The summed E-state index contributed by atoms with van der Waals surface area (Å²) in [5, 5.41) is 4.63. The van der Waals surface area contributed by atoms with E-state index >= 15 is 0 Å². The molecule has 0 spiro atoms. The Hall–Kier alpha value is -1.33. The average molecular weight is 319 g/mol. The fourth-order valence-corrected chi connectivity index (χ4v) is 1.79. The van der Waals surface area contributed by atoms with Crippen LogP contribution in [0.1, 0.15) is 32.9 Å². The molecular weight excluding hydrogens is 303 g/mol. The van der Waals surface area contributed by atoms with Crippen molar-refractivity contribution in [1.29, 1.82) is 0 Å². The Balaban J connectivity index is 3.03. The van der Waals surface area contributed by atoms with Crippen LogP contribution in [0.2, 0.25) is 10.0 Å². The molecule has 0 saturated carbocycles. The second-order valence-electron chi connectivity index (χ2n) is 4.16. The molecule has 1 aromatic rings. The minimum Gasteiger partial charge on any atom is -0.466 e. The van der Waals surface area contributed by atoms with Crippen molar-refractivity contribution >= 4 is 34.9 Å². The maximum atomic E-state index is 11.6. The smallest absolute Gasteiger partial charge is 0.312 e. The number of carbonyl (C=O) groups excluding carboxylic acids is 1. The van der Waals surface area contributed by atoms with Crippen LogP contribution in [0.3, 0.4) is 0 Å². The van der Waals surface area contributed by atoms with Gasteiger partial charge in [0, 0.05) is 6.20 Å². The molecule has 1 heterocycles. The molecule has 0 aromatic carbocycles. The number of carbonyl (C=O) groups is 1. The summed E-state index contributed by atoms with van der Waals surface area (Å²) in [6.07, 6.45) is 1.23. The van der Waals surface area contributed by atoms with E-state index in [1.807, 2.05) is 13.8 Å². The van der Waals surface area contributed by atoms with Gasteiger partial charge in [0.1, 0.15) is 17.5 Å². The van der Waals surface area contributed by atoms with E-state index < -0.39 is 5.97 Å². The molecule has 0 aliphatic rings. The van der Waals surface area contributed by atoms with Crippen molar-refractivity contribution in [3.63, 3.8) is 0 Å². The Bertz CT molecular complexity index is 504. The van der Waals surface area contributed by atoms with Gasteiger partial charge in [-0.2, -0.15) is 0 Å². The number of nitrogens with zero attached hydrogens (tertiary/aromatic N) is 2. The Morgan fingerprint density at radius 1 is 1.45 bits per heavy atom. The molecule has 0 bridgehead atoms. The lowest BCUT2D eigenvalue weighted by molar-refractivity contribution is -0.141. The van der Waals surface area contributed by atoms with Crippen molar-refractivity contribution in [2.45, 2.75) is 33.3 Å². The van der Waals surface area contributed by atoms with Gasteiger partial charge in [-0.1, -0.05) is 28.4 Å². The molecule has 0 radical (unpaired) electrons. The number of oxime groups is 1. The van der Waals surface area contributed by atoms with Crippen LogP contribution in [-0.4, -0.2) is 29.4 Å². The number of rotatable bonds is 6. The first-order valence-electron chi connectivity index (χ1n) is 6.13. The minimum atomic E-state index is -0.425. The van der Waals surface area contributed by atoms with Crippen molar-refractivity contribution in [1.82, 2.24) is 4.98 Å². The van der Waals surface area contributed by atoms with Crippen LogP contribution in [0.15, 0.2) is 17.4 Å². The molecule has 0 N–H and O–H groups in total. The summed E-state index contributed by atoms with van der Waals surface area (Å²) >= 11 is 11.9. The standard InChI is InChI=1S/C13H16Cl2N2O3/c1-4-19-12(18)6-11(17-20-8(2)3)13-10(15)5-9(14)7-16-13/h5,7-8H,4,6H2,1-3H3. The maximum Gasteiger partial charge on any atom is 0.312 e. The summed E-state index contributed by atoms with van der Waals surface area (Å²) in [5.41, 5.74) is 0.656. The third kappa shape index (κ3) is 5.35. The lowest BCUT2D eigenvalue weighted by atomic mass is 10.2. The van der Waals surface area contributed by atoms with E-state index in [0.29, 0.717) is 28.1 Å². The van der Waals surface area contributed by atoms with Crippen LogP contribution < -0.4 is 0 Å². The first-order valence-corrected chi connectivity index (χ1v) is 6.89. The van der Waals surface area contributed by atoms with Gasteiger partial charge < -0.3 is 9.57 Å². The zero-order chi connectivity index (χ0) is 15.1. The van der Waals surface area contributed by atoms with Gasteiger partial charge in [-0.15, -0.1) is 0 Å². The minimum absolute atomic E-state index is 0.0745. The van der Waals surface area contributed by atoms with Gasteiger partial charge in [0.15, 0.2) is 0 Å². The summed E-state index contributed by atoms with van der Waals surface area (Å²) in [6, 6.07) is 1.53. The monoisotopic (exact) mass is 318 g/mol. The number of pyridine rings is 1. The van der Waals surface area contributed by atoms with Crippen molar-refractivity contribution in [2.75, 3.05) is 6.61 Å². The number of esters is 1. The van der Waals surface area contributed by atoms with E-state index in [1.165, 1.54) is 12.3 Å². The third-order valence-electron chi connectivity index (χ3n) is 2.07. The number of aromatic nitrogens is 1. The summed E-state index contributed by atoms with van der Waals surface area (Å²) in [4.78, 5) is 20.9. The average Bonchev–Trinajstić information content (AvgIpc) is 2.35. The van der Waals surface area contributed by atoms with Gasteiger partial charge >= 0.3 is 5.97 Å². The molecule has 0 fully saturated rings. The summed E-state index contributed by atoms with van der Waals surface area (Å²) in [5.74, 6) is -0.425. The second-order valence-corrected chi connectivity index (χ2v) is 5.00. The van der Waals surface area contributed by atoms with E-state index in [9.17, 15) is 4.79 Å². The van der Waals surface area contributed by atoms with E-state index in [2.05, 4.69) is 10.1 Å². The lowest BCUT2D eigenvalue weighted by Crippen LogP contribution is -2.15. The molecule has 20 heavy (non-hydrogen) atoms. The largest absolute Gasteiger partial charge is 0.466 e. The molecule has 1 aromatic heterocycles. The van der Waals surface area contributed by atoms with Crippen molar-refractivity contribution in [2.24, 2.45) is 5.16 Å². The van der Waals surface area contributed by atoms with Crippen LogP contribution in [0.5, 0.6) is 0 Å². The Morgan fingerprint density at radius 3 is 2.70 bits per heavy atom. The quantitative estimate of drug-likeness (QED) is 0.457.